The smallest absolute Gasteiger partial charge is 0.219 e. The standard InChI is InChI=1S/C20H18N4O/c21-12-15-17(14-9-5-2-6-10-14)18(20(24)25-19(15)23)16(22)11-13-7-3-1-4-8-13/h1-10,17,24H,11,22-23H2. The summed E-state index contributed by atoms with van der Waals surface area (Å²) in [6.07, 6.45) is 0.462. The quantitative estimate of drug-likeness (QED) is 0.803. The van der Waals surface area contributed by atoms with Gasteiger partial charge in [0.05, 0.1) is 5.92 Å². The normalized spacial score (nSPS) is 19.2. The summed E-state index contributed by atoms with van der Waals surface area (Å²) in [6, 6.07) is 21.3. The lowest BCUT2D eigenvalue weighted by Crippen LogP contribution is -2.29. The lowest BCUT2D eigenvalue weighted by Gasteiger charge is -2.28. The molecular weight excluding hydrogens is 312 g/mol. The Bertz CT molecular complexity index is 892. The summed E-state index contributed by atoms with van der Waals surface area (Å²) < 4.78 is 5.29. The summed E-state index contributed by atoms with van der Waals surface area (Å²) in [5.74, 6) is -0.660. The highest BCUT2D eigenvalue weighted by Gasteiger charge is 2.35. The fourth-order valence-electron chi connectivity index (χ4n) is 2.98. The van der Waals surface area contributed by atoms with Crippen LogP contribution < -0.4 is 11.5 Å². The molecule has 0 spiro atoms. The highest BCUT2D eigenvalue weighted by Crippen LogP contribution is 2.38. The van der Waals surface area contributed by atoms with Crippen molar-refractivity contribution in [3.05, 3.63) is 94.5 Å². The predicted molar refractivity (Wildman–Crippen MR) is 96.2 cm³/mol. The third-order valence-corrected chi connectivity index (χ3v) is 4.14. The van der Waals surface area contributed by atoms with Gasteiger partial charge in [0.2, 0.25) is 11.8 Å². The number of nitrogens with two attached hydrogens (primary N) is 2. The van der Waals surface area contributed by atoms with Crippen LogP contribution in [0.15, 0.2) is 83.4 Å². The Morgan fingerprint density at radius 3 is 2.28 bits per heavy atom. The molecule has 0 bridgehead atoms. The van der Waals surface area contributed by atoms with Crippen LogP contribution in [0.2, 0.25) is 0 Å². The van der Waals surface area contributed by atoms with E-state index in [4.69, 9.17) is 21.6 Å². The molecule has 1 heterocycles. The monoisotopic (exact) mass is 330 g/mol. The van der Waals surface area contributed by atoms with Crippen molar-refractivity contribution in [1.29, 1.82) is 10.7 Å². The fraction of sp³-hybridized carbons (Fsp3) is 0.100. The minimum absolute atomic E-state index is 0.0439. The second kappa shape index (κ2) is 6.93. The van der Waals surface area contributed by atoms with Gasteiger partial charge in [0, 0.05) is 17.7 Å². The zero-order valence-corrected chi connectivity index (χ0v) is 13.6. The Balaban J connectivity index is 2.13. The van der Waals surface area contributed by atoms with Crippen LogP contribution in [0.5, 0.6) is 0 Å². The first kappa shape index (κ1) is 16.3. The molecule has 1 unspecified atom stereocenters. The van der Waals surface area contributed by atoms with Gasteiger partial charge in [-0.25, -0.2) is 0 Å². The minimum atomic E-state index is -0.504. The van der Waals surface area contributed by atoms with Gasteiger partial charge in [0.15, 0.2) is 0 Å². The largest absolute Gasteiger partial charge is 0.422 e. The number of rotatable bonds is 3. The SMILES string of the molecule is N#CC1=C(N)OC(=N)C(=C(N)Cc2ccccc2)C1c1ccccc1. The van der Waals surface area contributed by atoms with E-state index in [0.717, 1.165) is 11.1 Å². The first-order valence-corrected chi connectivity index (χ1v) is 7.85. The van der Waals surface area contributed by atoms with E-state index in [1.54, 1.807) is 0 Å². The second-order valence-electron chi connectivity index (χ2n) is 5.77. The first-order chi connectivity index (χ1) is 12.1. The predicted octanol–water partition coefficient (Wildman–Crippen LogP) is 2.93. The van der Waals surface area contributed by atoms with Gasteiger partial charge >= 0.3 is 0 Å². The topological polar surface area (TPSA) is 109 Å². The van der Waals surface area contributed by atoms with Crippen LogP contribution in [0.3, 0.4) is 0 Å². The Kier molecular flexibility index (Phi) is 4.53. The van der Waals surface area contributed by atoms with Crippen molar-refractivity contribution in [3.63, 3.8) is 0 Å². The third-order valence-electron chi connectivity index (χ3n) is 4.14. The summed E-state index contributed by atoms with van der Waals surface area (Å²) in [5, 5.41) is 17.8. The molecule has 2 aromatic rings. The van der Waals surface area contributed by atoms with Crippen molar-refractivity contribution < 1.29 is 4.74 Å². The van der Waals surface area contributed by atoms with E-state index in [1.807, 2.05) is 60.7 Å². The van der Waals surface area contributed by atoms with Gasteiger partial charge < -0.3 is 16.2 Å². The molecule has 0 aromatic heterocycles. The Morgan fingerprint density at radius 2 is 1.68 bits per heavy atom. The van der Waals surface area contributed by atoms with Gasteiger partial charge in [-0.05, 0) is 11.1 Å². The molecule has 1 aliphatic rings. The second-order valence-corrected chi connectivity index (χ2v) is 5.77. The maximum Gasteiger partial charge on any atom is 0.219 e. The van der Waals surface area contributed by atoms with Gasteiger partial charge in [-0.1, -0.05) is 60.7 Å². The number of nitriles is 1. The van der Waals surface area contributed by atoms with E-state index in [0.29, 0.717) is 17.7 Å². The first-order valence-electron chi connectivity index (χ1n) is 7.85. The van der Waals surface area contributed by atoms with Gasteiger partial charge in [-0.2, -0.15) is 5.26 Å². The molecule has 2 aromatic carbocycles. The highest BCUT2D eigenvalue weighted by atomic mass is 16.5. The number of hydrogen-bond donors (Lipinski definition) is 3. The van der Waals surface area contributed by atoms with Crippen molar-refractivity contribution in [2.75, 3.05) is 0 Å². The van der Waals surface area contributed by atoms with Gasteiger partial charge in [0.25, 0.3) is 0 Å². The molecule has 5 heteroatoms. The van der Waals surface area contributed by atoms with E-state index in [2.05, 4.69) is 6.07 Å². The van der Waals surface area contributed by atoms with E-state index < -0.39 is 5.92 Å². The Morgan fingerprint density at radius 1 is 1.08 bits per heavy atom. The summed E-state index contributed by atoms with van der Waals surface area (Å²) in [5.41, 5.74) is 15.3. The molecule has 0 saturated carbocycles. The fourth-order valence-corrected chi connectivity index (χ4v) is 2.98. The summed E-state index contributed by atoms with van der Waals surface area (Å²) in [7, 11) is 0. The van der Waals surface area contributed by atoms with Crippen LogP contribution in [0.1, 0.15) is 17.0 Å². The van der Waals surface area contributed by atoms with E-state index in [-0.39, 0.29) is 17.4 Å². The molecule has 1 atom stereocenters. The molecule has 0 radical (unpaired) electrons. The summed E-state index contributed by atoms with van der Waals surface area (Å²) >= 11 is 0. The Hall–Kier alpha value is -3.52. The molecule has 0 saturated heterocycles. The van der Waals surface area contributed by atoms with Crippen molar-refractivity contribution in [2.45, 2.75) is 12.3 Å². The van der Waals surface area contributed by atoms with E-state index in [9.17, 15) is 5.26 Å². The summed E-state index contributed by atoms with van der Waals surface area (Å²) in [4.78, 5) is 0. The number of nitrogens with one attached hydrogen (secondary N) is 1. The van der Waals surface area contributed by atoms with Crippen LogP contribution in [-0.2, 0) is 11.2 Å². The van der Waals surface area contributed by atoms with Gasteiger partial charge in [-0.15, -0.1) is 0 Å². The number of hydrogen-bond acceptors (Lipinski definition) is 5. The molecule has 25 heavy (non-hydrogen) atoms. The molecule has 3 rings (SSSR count). The lowest BCUT2D eigenvalue weighted by atomic mass is 9.81. The molecule has 5 N–H and O–H groups in total. The van der Waals surface area contributed by atoms with Crippen LogP contribution in [0.25, 0.3) is 0 Å². The number of ether oxygens (including phenoxy) is 1. The molecule has 1 aliphatic heterocycles. The van der Waals surface area contributed by atoms with Gasteiger partial charge in [0.1, 0.15) is 11.6 Å². The Labute approximate surface area is 146 Å². The van der Waals surface area contributed by atoms with Crippen LogP contribution in [-0.4, -0.2) is 5.90 Å². The van der Waals surface area contributed by atoms with Crippen LogP contribution in [0, 0.1) is 16.7 Å². The van der Waals surface area contributed by atoms with Crippen molar-refractivity contribution >= 4 is 5.90 Å². The molecule has 5 nitrogen and oxygen atoms in total. The van der Waals surface area contributed by atoms with Crippen molar-refractivity contribution in [2.24, 2.45) is 11.5 Å². The van der Waals surface area contributed by atoms with Crippen LogP contribution >= 0.6 is 0 Å². The molecule has 124 valence electrons. The average Bonchev–Trinajstić information content (AvgIpc) is 2.62. The van der Waals surface area contributed by atoms with Crippen molar-refractivity contribution in [1.82, 2.24) is 0 Å². The molecular formula is C20H18N4O. The highest BCUT2D eigenvalue weighted by molar-refractivity contribution is 5.96. The van der Waals surface area contributed by atoms with E-state index in [1.165, 1.54) is 0 Å². The van der Waals surface area contributed by atoms with Gasteiger partial charge in [-0.3, -0.25) is 5.41 Å². The molecule has 0 aliphatic carbocycles. The van der Waals surface area contributed by atoms with Crippen LogP contribution in [0.4, 0.5) is 0 Å². The van der Waals surface area contributed by atoms with E-state index >= 15 is 0 Å². The molecule has 0 amide bonds. The van der Waals surface area contributed by atoms with Crippen molar-refractivity contribution in [3.8, 4) is 6.07 Å². The number of allylic oxidation sites excluding steroid dienone is 2. The molecule has 0 fully saturated rings. The number of benzene rings is 2. The minimum Gasteiger partial charge on any atom is -0.422 e. The summed E-state index contributed by atoms with van der Waals surface area (Å²) in [6.45, 7) is 0. The lowest BCUT2D eigenvalue weighted by molar-refractivity contribution is 0.383. The maximum atomic E-state index is 9.57. The third kappa shape index (κ3) is 3.24. The number of nitrogens with zero attached hydrogens (tertiary/aromatic N) is 1. The zero-order valence-electron chi connectivity index (χ0n) is 13.6. The average molecular weight is 330 g/mol. The zero-order chi connectivity index (χ0) is 17.8. The maximum absolute atomic E-state index is 9.57.